The van der Waals surface area contributed by atoms with Crippen molar-refractivity contribution in [2.45, 2.75) is 26.4 Å². The minimum atomic E-state index is -0.0406. The van der Waals surface area contributed by atoms with Gasteiger partial charge in [0.1, 0.15) is 5.75 Å². The minimum Gasteiger partial charge on any atom is -0.490 e. The number of fused-ring (bicyclic) bond motifs is 4. The molecule has 0 fully saturated rings. The van der Waals surface area contributed by atoms with E-state index >= 15 is 0 Å². The van der Waals surface area contributed by atoms with E-state index in [-0.39, 0.29) is 11.7 Å². The van der Waals surface area contributed by atoms with Crippen molar-refractivity contribution in [3.63, 3.8) is 0 Å². The van der Waals surface area contributed by atoms with Crippen LogP contribution < -0.4 is 14.8 Å². The number of hydrogen-bond acceptors (Lipinski definition) is 4. The molecule has 0 amide bonds. The van der Waals surface area contributed by atoms with Gasteiger partial charge in [-0.25, -0.2) is 9.38 Å². The van der Waals surface area contributed by atoms with Crippen LogP contribution in [0.1, 0.15) is 25.8 Å². The van der Waals surface area contributed by atoms with Crippen LogP contribution in [-0.4, -0.2) is 15.5 Å². The molecule has 5 rings (SSSR count). The summed E-state index contributed by atoms with van der Waals surface area (Å²) in [6.07, 6.45) is 2.97. The highest BCUT2D eigenvalue weighted by Gasteiger charge is 2.13. The lowest BCUT2D eigenvalue weighted by Crippen LogP contribution is -2.23. The molecule has 4 nitrogen and oxygen atoms in total. The molecular formula is C24H20N2O2S. The Labute approximate surface area is 171 Å². The third-order valence-corrected chi connectivity index (χ3v) is 6.22. The Bertz CT molecular complexity index is 1470. The molecule has 0 aliphatic rings. The van der Waals surface area contributed by atoms with Crippen molar-refractivity contribution >= 4 is 44.2 Å². The zero-order chi connectivity index (χ0) is 20.0. The van der Waals surface area contributed by atoms with E-state index in [2.05, 4.69) is 37.0 Å². The normalized spacial score (nSPS) is 13.5. The number of imidazole rings is 1. The molecule has 0 spiro atoms. The van der Waals surface area contributed by atoms with Crippen molar-refractivity contribution in [3.8, 4) is 5.75 Å². The number of benzene rings is 3. The minimum absolute atomic E-state index is 0.0406. The molecular weight excluding hydrogens is 380 g/mol. The van der Waals surface area contributed by atoms with Crippen LogP contribution in [0.25, 0.3) is 32.8 Å². The third-order valence-electron chi connectivity index (χ3n) is 5.25. The molecule has 2 heterocycles. The summed E-state index contributed by atoms with van der Waals surface area (Å²) in [6.45, 7) is 4.16. The Balaban J connectivity index is 1.79. The van der Waals surface area contributed by atoms with Gasteiger partial charge in [0.25, 0.3) is 5.56 Å². The fraction of sp³-hybridized carbons (Fsp3) is 0.167. The highest BCUT2D eigenvalue weighted by atomic mass is 32.1. The molecule has 0 bridgehead atoms. The van der Waals surface area contributed by atoms with Crippen LogP contribution in [0.3, 0.4) is 0 Å². The lowest BCUT2D eigenvalue weighted by atomic mass is 10.0. The molecule has 1 unspecified atom stereocenters. The van der Waals surface area contributed by atoms with E-state index in [0.29, 0.717) is 9.49 Å². The van der Waals surface area contributed by atoms with Gasteiger partial charge in [-0.2, -0.15) is 0 Å². The number of aromatic nitrogens is 2. The Morgan fingerprint density at radius 3 is 2.76 bits per heavy atom. The maximum atomic E-state index is 13.2. The van der Waals surface area contributed by atoms with Gasteiger partial charge < -0.3 is 4.74 Å². The molecule has 0 radical (unpaired) electrons. The topological polar surface area (TPSA) is 43.6 Å². The van der Waals surface area contributed by atoms with Gasteiger partial charge in [-0.3, -0.25) is 4.79 Å². The summed E-state index contributed by atoms with van der Waals surface area (Å²) in [4.78, 5) is 18.5. The summed E-state index contributed by atoms with van der Waals surface area (Å²) < 4.78 is 8.55. The molecule has 5 aromatic rings. The van der Waals surface area contributed by atoms with Crippen molar-refractivity contribution < 1.29 is 4.74 Å². The van der Waals surface area contributed by atoms with Crippen molar-refractivity contribution in [3.05, 3.63) is 81.1 Å². The molecule has 144 valence electrons. The fourth-order valence-corrected chi connectivity index (χ4v) is 4.54. The van der Waals surface area contributed by atoms with E-state index in [1.54, 1.807) is 4.40 Å². The monoisotopic (exact) mass is 400 g/mol. The average molecular weight is 401 g/mol. The maximum absolute atomic E-state index is 13.2. The van der Waals surface area contributed by atoms with Gasteiger partial charge in [-0.05, 0) is 48.4 Å². The van der Waals surface area contributed by atoms with Gasteiger partial charge in [-0.1, -0.05) is 60.7 Å². The molecule has 0 saturated heterocycles. The molecule has 0 aliphatic carbocycles. The largest absolute Gasteiger partial charge is 0.490 e. The van der Waals surface area contributed by atoms with Crippen LogP contribution >= 0.6 is 11.3 Å². The number of para-hydroxylation sites is 2. The first-order valence-electron chi connectivity index (χ1n) is 9.76. The van der Waals surface area contributed by atoms with E-state index in [0.717, 1.165) is 39.5 Å². The zero-order valence-corrected chi connectivity index (χ0v) is 17.1. The summed E-state index contributed by atoms with van der Waals surface area (Å²) in [5.41, 5.74) is 2.58. The summed E-state index contributed by atoms with van der Waals surface area (Å²) in [5.74, 6) is 0.799. The number of thiazole rings is 1. The van der Waals surface area contributed by atoms with Gasteiger partial charge >= 0.3 is 0 Å². The van der Waals surface area contributed by atoms with Crippen LogP contribution in [0, 0.1) is 0 Å². The first-order valence-corrected chi connectivity index (χ1v) is 10.6. The van der Waals surface area contributed by atoms with E-state index in [1.165, 1.54) is 11.3 Å². The van der Waals surface area contributed by atoms with Gasteiger partial charge in [0.05, 0.1) is 21.7 Å². The fourth-order valence-electron chi connectivity index (χ4n) is 3.57. The first kappa shape index (κ1) is 17.9. The first-order chi connectivity index (χ1) is 14.2. The number of rotatable bonds is 4. The van der Waals surface area contributed by atoms with E-state index in [4.69, 9.17) is 4.74 Å². The van der Waals surface area contributed by atoms with Crippen LogP contribution in [-0.2, 0) is 0 Å². The van der Waals surface area contributed by atoms with Crippen LogP contribution in [0.5, 0.6) is 5.75 Å². The van der Waals surface area contributed by atoms with Crippen LogP contribution in [0.2, 0.25) is 0 Å². The predicted molar refractivity (Wildman–Crippen MR) is 120 cm³/mol. The van der Waals surface area contributed by atoms with Crippen LogP contribution in [0.4, 0.5) is 0 Å². The zero-order valence-electron chi connectivity index (χ0n) is 16.3. The Morgan fingerprint density at radius 1 is 1.10 bits per heavy atom. The van der Waals surface area contributed by atoms with E-state index in [1.807, 2.05) is 48.5 Å². The van der Waals surface area contributed by atoms with Gasteiger partial charge in [0.15, 0.2) is 4.96 Å². The third kappa shape index (κ3) is 2.98. The maximum Gasteiger partial charge on any atom is 0.274 e. The van der Waals surface area contributed by atoms with Gasteiger partial charge in [0.2, 0.25) is 0 Å². The summed E-state index contributed by atoms with van der Waals surface area (Å²) in [5, 5.41) is 2.19. The second kappa shape index (κ2) is 7.01. The molecule has 0 aliphatic heterocycles. The van der Waals surface area contributed by atoms with Crippen molar-refractivity contribution in [2.24, 2.45) is 0 Å². The second-order valence-electron chi connectivity index (χ2n) is 7.17. The number of nitrogens with zero attached hydrogens (tertiary/aromatic N) is 2. The number of ether oxygens (including phenoxy) is 1. The summed E-state index contributed by atoms with van der Waals surface area (Å²) >= 11 is 1.41. The molecule has 0 N–H and O–H groups in total. The average Bonchev–Trinajstić information content (AvgIpc) is 3.25. The van der Waals surface area contributed by atoms with Crippen LogP contribution in [0.15, 0.2) is 65.5 Å². The molecule has 2 aromatic heterocycles. The van der Waals surface area contributed by atoms with Crippen molar-refractivity contribution in [1.82, 2.24) is 9.38 Å². The summed E-state index contributed by atoms with van der Waals surface area (Å²) in [7, 11) is 0. The van der Waals surface area contributed by atoms with Crippen molar-refractivity contribution in [2.75, 3.05) is 0 Å². The highest BCUT2D eigenvalue weighted by molar-refractivity contribution is 7.15. The molecule has 5 heteroatoms. The van der Waals surface area contributed by atoms with Crippen molar-refractivity contribution in [1.29, 1.82) is 0 Å². The highest BCUT2D eigenvalue weighted by Crippen LogP contribution is 2.30. The number of hydrogen-bond donors (Lipinski definition) is 0. The predicted octanol–water partition coefficient (Wildman–Crippen LogP) is 4.79. The van der Waals surface area contributed by atoms with Gasteiger partial charge in [-0.15, -0.1) is 0 Å². The molecule has 29 heavy (non-hydrogen) atoms. The standard InChI is InChI=1S/C24H20N2O2S/c1-3-15(2)28-21-13-12-16-8-4-5-9-17(16)18(21)14-22-23(27)26-20-11-7-6-10-19(20)25-24(26)29-22/h4-15H,3H2,1-2H3. The lowest BCUT2D eigenvalue weighted by molar-refractivity contribution is 0.217. The molecule has 1 atom stereocenters. The smallest absolute Gasteiger partial charge is 0.274 e. The molecule has 3 aromatic carbocycles. The Hall–Kier alpha value is -3.18. The van der Waals surface area contributed by atoms with Gasteiger partial charge in [0, 0.05) is 5.56 Å². The second-order valence-corrected chi connectivity index (χ2v) is 8.18. The van der Waals surface area contributed by atoms with E-state index in [9.17, 15) is 4.79 Å². The van der Waals surface area contributed by atoms with E-state index < -0.39 is 0 Å². The molecule has 0 saturated carbocycles. The summed E-state index contributed by atoms with van der Waals surface area (Å²) in [6, 6.07) is 20.0. The Morgan fingerprint density at radius 2 is 1.90 bits per heavy atom. The quantitative estimate of drug-likeness (QED) is 0.436. The SMILES string of the molecule is CCC(C)Oc1ccc2ccccc2c1C=c1sc2nc3ccccc3n2c1=O. The lowest BCUT2D eigenvalue weighted by Gasteiger charge is -2.16. The Kier molecular flexibility index (Phi) is 4.32.